The number of anilines is 1. The van der Waals surface area contributed by atoms with Crippen molar-refractivity contribution in [2.75, 3.05) is 18.0 Å². The van der Waals surface area contributed by atoms with Crippen molar-refractivity contribution in [3.8, 4) is 0 Å². The topological polar surface area (TPSA) is 49.2 Å². The van der Waals surface area contributed by atoms with Crippen LogP contribution in [0.3, 0.4) is 0 Å². The zero-order chi connectivity index (χ0) is 12.0. The second-order valence-corrected chi connectivity index (χ2v) is 4.68. The number of fused-ring (bicyclic) bond motifs is 1. The summed E-state index contributed by atoms with van der Waals surface area (Å²) >= 11 is 0. The first kappa shape index (κ1) is 10.5. The smallest absolute Gasteiger partial charge is 0.162 e. The highest BCUT2D eigenvalue weighted by Gasteiger charge is 2.25. The van der Waals surface area contributed by atoms with Gasteiger partial charge in [-0.2, -0.15) is 0 Å². The van der Waals surface area contributed by atoms with Gasteiger partial charge in [0, 0.05) is 24.2 Å². The fraction of sp³-hybridized carbons (Fsp3) is 0.385. The van der Waals surface area contributed by atoms with E-state index >= 15 is 0 Å². The van der Waals surface area contributed by atoms with E-state index in [-0.39, 0.29) is 6.10 Å². The van der Waals surface area contributed by atoms with E-state index in [0.29, 0.717) is 13.1 Å². The van der Waals surface area contributed by atoms with Gasteiger partial charge in [0.2, 0.25) is 0 Å². The zero-order valence-electron chi connectivity index (χ0n) is 10.0. The normalized spacial score (nSPS) is 16.3. The first-order chi connectivity index (χ1) is 8.13. The summed E-state index contributed by atoms with van der Waals surface area (Å²) in [6.45, 7) is 5.40. The lowest BCUT2D eigenvalue weighted by atomic mass is 10.1. The van der Waals surface area contributed by atoms with E-state index in [9.17, 15) is 5.11 Å². The molecule has 1 saturated heterocycles. The summed E-state index contributed by atoms with van der Waals surface area (Å²) in [6, 6.07) is 6.12. The Hall–Kier alpha value is -1.68. The molecule has 1 aliphatic rings. The van der Waals surface area contributed by atoms with Crippen LogP contribution in [-0.2, 0) is 0 Å². The predicted octanol–water partition coefficient (Wildman–Crippen LogP) is 1.43. The molecule has 0 atom stereocenters. The minimum Gasteiger partial charge on any atom is -0.389 e. The fourth-order valence-electron chi connectivity index (χ4n) is 2.24. The van der Waals surface area contributed by atoms with Crippen LogP contribution in [0.5, 0.6) is 0 Å². The van der Waals surface area contributed by atoms with Crippen molar-refractivity contribution >= 4 is 16.9 Å². The van der Waals surface area contributed by atoms with Gasteiger partial charge in [0.05, 0.1) is 6.10 Å². The summed E-state index contributed by atoms with van der Waals surface area (Å²) in [6.07, 6.45) is -0.209. The number of β-amino-alcohol motifs (C(OH)–C–C–N with tert-alkyl or cyclic N) is 1. The van der Waals surface area contributed by atoms with Crippen LogP contribution in [-0.4, -0.2) is 34.3 Å². The maximum atomic E-state index is 9.30. The summed E-state index contributed by atoms with van der Waals surface area (Å²) in [5.41, 5.74) is 2.99. The summed E-state index contributed by atoms with van der Waals surface area (Å²) in [5.74, 6) is 0.903. The van der Waals surface area contributed by atoms with Gasteiger partial charge < -0.3 is 10.0 Å². The van der Waals surface area contributed by atoms with Gasteiger partial charge in [-0.3, -0.25) is 0 Å². The Bertz CT molecular complexity index is 576. The minimum absolute atomic E-state index is 0.209. The third kappa shape index (κ3) is 1.74. The van der Waals surface area contributed by atoms with Crippen LogP contribution < -0.4 is 4.90 Å². The lowest BCUT2D eigenvalue weighted by Gasteiger charge is -2.36. The van der Waals surface area contributed by atoms with Crippen LogP contribution in [0.2, 0.25) is 0 Å². The number of hydrogen-bond acceptors (Lipinski definition) is 4. The van der Waals surface area contributed by atoms with Crippen LogP contribution in [0.15, 0.2) is 18.2 Å². The second kappa shape index (κ2) is 3.67. The molecular formula is C13H15N3O. The molecule has 3 rings (SSSR count). The minimum atomic E-state index is -0.209. The average Bonchev–Trinajstić information content (AvgIpc) is 2.23. The Labute approximate surface area is 99.9 Å². The standard InChI is InChI=1S/C13H15N3O/c1-8-5-9(2)14-13-11(8)3-4-12(15-13)16-6-10(17)7-16/h3-5,10,17H,6-7H2,1-2H3. The molecule has 0 aromatic carbocycles. The molecule has 1 fully saturated rings. The molecule has 1 N–H and O–H groups in total. The van der Waals surface area contributed by atoms with Gasteiger partial charge in [0.25, 0.3) is 0 Å². The van der Waals surface area contributed by atoms with Crippen molar-refractivity contribution in [1.29, 1.82) is 0 Å². The van der Waals surface area contributed by atoms with E-state index in [2.05, 4.69) is 33.9 Å². The van der Waals surface area contributed by atoms with Gasteiger partial charge in [0.1, 0.15) is 5.82 Å². The molecule has 0 saturated carbocycles. The number of hydrogen-bond donors (Lipinski definition) is 1. The molecule has 0 spiro atoms. The van der Waals surface area contributed by atoms with Gasteiger partial charge in [-0.15, -0.1) is 0 Å². The summed E-state index contributed by atoms with van der Waals surface area (Å²) < 4.78 is 0. The number of nitrogens with zero attached hydrogens (tertiary/aromatic N) is 3. The van der Waals surface area contributed by atoms with Crippen molar-refractivity contribution < 1.29 is 5.11 Å². The molecule has 4 heteroatoms. The molecule has 17 heavy (non-hydrogen) atoms. The largest absolute Gasteiger partial charge is 0.389 e. The molecular weight excluding hydrogens is 214 g/mol. The Morgan fingerprint density at radius 3 is 2.71 bits per heavy atom. The van der Waals surface area contributed by atoms with E-state index in [1.165, 1.54) is 5.56 Å². The van der Waals surface area contributed by atoms with E-state index in [1.54, 1.807) is 0 Å². The Morgan fingerprint density at radius 2 is 2.00 bits per heavy atom. The van der Waals surface area contributed by atoms with Gasteiger partial charge in [-0.25, -0.2) is 9.97 Å². The molecule has 1 aliphatic heterocycles. The second-order valence-electron chi connectivity index (χ2n) is 4.68. The number of aromatic nitrogens is 2. The number of pyridine rings is 2. The molecule has 0 radical (unpaired) electrons. The third-order valence-electron chi connectivity index (χ3n) is 3.18. The van der Waals surface area contributed by atoms with E-state index in [1.807, 2.05) is 13.0 Å². The predicted molar refractivity (Wildman–Crippen MR) is 67.2 cm³/mol. The Balaban J connectivity index is 2.06. The highest BCUT2D eigenvalue weighted by Crippen LogP contribution is 2.23. The molecule has 2 aromatic rings. The first-order valence-electron chi connectivity index (χ1n) is 5.81. The SMILES string of the molecule is Cc1cc(C)c2ccc(N3CC(O)C3)nc2n1. The average molecular weight is 229 g/mol. The molecule has 3 heterocycles. The molecule has 88 valence electrons. The van der Waals surface area contributed by atoms with E-state index in [4.69, 9.17) is 0 Å². The van der Waals surface area contributed by atoms with Crippen LogP contribution >= 0.6 is 0 Å². The van der Waals surface area contributed by atoms with Crippen LogP contribution in [0.1, 0.15) is 11.3 Å². The molecule has 0 aliphatic carbocycles. The van der Waals surface area contributed by atoms with Crippen molar-refractivity contribution in [1.82, 2.24) is 9.97 Å². The van der Waals surface area contributed by atoms with E-state index in [0.717, 1.165) is 22.5 Å². The number of rotatable bonds is 1. The number of aliphatic hydroxyl groups excluding tert-OH is 1. The van der Waals surface area contributed by atoms with Crippen molar-refractivity contribution in [3.63, 3.8) is 0 Å². The lowest BCUT2D eigenvalue weighted by molar-refractivity contribution is 0.141. The fourth-order valence-corrected chi connectivity index (χ4v) is 2.24. The van der Waals surface area contributed by atoms with E-state index < -0.39 is 0 Å². The highest BCUT2D eigenvalue weighted by molar-refractivity contribution is 5.80. The summed E-state index contributed by atoms with van der Waals surface area (Å²) in [4.78, 5) is 11.1. The summed E-state index contributed by atoms with van der Waals surface area (Å²) in [5, 5.41) is 10.4. The molecule has 0 unspecified atom stereocenters. The van der Waals surface area contributed by atoms with Gasteiger partial charge in [0.15, 0.2) is 5.65 Å². The monoisotopic (exact) mass is 229 g/mol. The highest BCUT2D eigenvalue weighted by atomic mass is 16.3. The van der Waals surface area contributed by atoms with Gasteiger partial charge in [-0.1, -0.05) is 0 Å². The Kier molecular flexibility index (Phi) is 2.26. The van der Waals surface area contributed by atoms with Crippen LogP contribution in [0.25, 0.3) is 11.0 Å². The van der Waals surface area contributed by atoms with Gasteiger partial charge >= 0.3 is 0 Å². The number of aliphatic hydroxyl groups is 1. The molecule has 0 amide bonds. The van der Waals surface area contributed by atoms with Crippen molar-refractivity contribution in [3.05, 3.63) is 29.5 Å². The zero-order valence-corrected chi connectivity index (χ0v) is 10.0. The van der Waals surface area contributed by atoms with Gasteiger partial charge in [-0.05, 0) is 37.6 Å². The van der Waals surface area contributed by atoms with Crippen LogP contribution in [0.4, 0.5) is 5.82 Å². The molecule has 4 nitrogen and oxygen atoms in total. The number of aryl methyl sites for hydroxylation is 2. The molecule has 2 aromatic heterocycles. The maximum absolute atomic E-state index is 9.30. The third-order valence-corrected chi connectivity index (χ3v) is 3.18. The van der Waals surface area contributed by atoms with Crippen LogP contribution in [0, 0.1) is 13.8 Å². The van der Waals surface area contributed by atoms with Crippen molar-refractivity contribution in [2.24, 2.45) is 0 Å². The maximum Gasteiger partial charge on any atom is 0.162 e. The summed E-state index contributed by atoms with van der Waals surface area (Å²) in [7, 11) is 0. The quantitative estimate of drug-likeness (QED) is 0.803. The molecule has 0 bridgehead atoms. The van der Waals surface area contributed by atoms with Crippen molar-refractivity contribution in [2.45, 2.75) is 20.0 Å². The Morgan fingerprint density at radius 1 is 1.24 bits per heavy atom. The first-order valence-corrected chi connectivity index (χ1v) is 5.81. The lowest BCUT2D eigenvalue weighted by Crippen LogP contribution is -2.51.